The van der Waals surface area contributed by atoms with E-state index in [4.69, 9.17) is 24.8 Å². The lowest BCUT2D eigenvalue weighted by Gasteiger charge is -2.25. The average molecular weight is 519 g/mol. The first-order chi connectivity index (χ1) is 18.2. The van der Waals surface area contributed by atoms with E-state index in [1.54, 1.807) is 7.11 Å². The van der Waals surface area contributed by atoms with Gasteiger partial charge >= 0.3 is 6.09 Å². The third-order valence-corrected chi connectivity index (χ3v) is 6.30. The third kappa shape index (κ3) is 7.03. The van der Waals surface area contributed by atoms with Crippen LogP contribution in [-0.2, 0) is 9.53 Å². The Labute approximate surface area is 222 Å². The van der Waals surface area contributed by atoms with Crippen LogP contribution in [0.5, 0.6) is 5.75 Å². The van der Waals surface area contributed by atoms with E-state index in [9.17, 15) is 4.79 Å². The van der Waals surface area contributed by atoms with Gasteiger partial charge in [0.25, 0.3) is 5.97 Å². The second kappa shape index (κ2) is 13.1. The Morgan fingerprint density at radius 3 is 2.11 bits per heavy atom. The number of fused-ring (bicyclic) bond motifs is 3. The highest BCUT2D eigenvalue weighted by Gasteiger charge is 2.33. The summed E-state index contributed by atoms with van der Waals surface area (Å²) in [6.07, 6.45) is 1.69. The number of guanidine groups is 1. The number of carboxylic acid groups (broad SMARTS) is 1. The van der Waals surface area contributed by atoms with E-state index in [0.717, 1.165) is 37.6 Å². The fourth-order valence-electron chi connectivity index (χ4n) is 4.86. The van der Waals surface area contributed by atoms with Gasteiger partial charge in [-0.3, -0.25) is 10.2 Å². The molecule has 6 N–H and O–H groups in total. The van der Waals surface area contributed by atoms with Gasteiger partial charge in [-0.15, -0.1) is 0 Å². The lowest BCUT2D eigenvalue weighted by Crippen LogP contribution is -2.32. The van der Waals surface area contributed by atoms with E-state index in [-0.39, 0.29) is 24.0 Å². The topological polar surface area (TPSA) is 152 Å². The number of amides is 1. The Morgan fingerprint density at radius 2 is 1.55 bits per heavy atom. The van der Waals surface area contributed by atoms with E-state index in [0.29, 0.717) is 6.61 Å². The molecule has 38 heavy (non-hydrogen) atoms. The van der Waals surface area contributed by atoms with Crippen LogP contribution in [0.3, 0.4) is 0 Å². The molecule has 0 radical (unpaired) electrons. The van der Waals surface area contributed by atoms with Crippen LogP contribution < -0.4 is 16.2 Å². The largest absolute Gasteiger partial charge is 0.497 e. The molecule has 9 heteroatoms. The number of rotatable bonds is 4. The van der Waals surface area contributed by atoms with Crippen LogP contribution in [0.15, 0.2) is 72.8 Å². The maximum absolute atomic E-state index is 13.0. The van der Waals surface area contributed by atoms with Gasteiger partial charge in [0, 0.05) is 19.4 Å². The van der Waals surface area contributed by atoms with Gasteiger partial charge in [0.1, 0.15) is 12.4 Å². The van der Waals surface area contributed by atoms with Crippen LogP contribution in [0.4, 0.5) is 4.79 Å². The fraction of sp³-hybridized carbons (Fsp3) is 0.276. The minimum absolute atomic E-state index is 0.0377. The summed E-state index contributed by atoms with van der Waals surface area (Å²) in [5, 5.41) is 13.5. The molecule has 1 saturated heterocycles. The fourth-order valence-corrected chi connectivity index (χ4v) is 4.86. The number of ether oxygens (including phenoxy) is 2. The van der Waals surface area contributed by atoms with E-state index >= 15 is 0 Å². The molecule has 0 saturated carbocycles. The van der Waals surface area contributed by atoms with Crippen molar-refractivity contribution in [1.29, 1.82) is 5.41 Å². The second-order valence-electron chi connectivity index (χ2n) is 8.91. The maximum Gasteiger partial charge on any atom is 0.410 e. The standard InChI is InChI=1S/C26H25NO3.C2H4O2.CH5N3/c1-29-19-9-6-8-18(16-19)25-14-7-15-27(25)26(28)30-17-24-22-12-4-2-10-20(22)21-11-3-5-13-23(21)24;1-2(3)4;2-1(3)4/h2-6,8-13,16,24-25H,7,14-15,17H2,1H3;1H3,(H,3,4);(H5,2,3,4)/t25-;;/m0../s1. The number of hydrogen-bond acceptors (Lipinski definition) is 5. The zero-order valence-electron chi connectivity index (χ0n) is 21.6. The highest BCUT2D eigenvalue weighted by molar-refractivity contribution is 5.79. The molecule has 2 aliphatic rings. The van der Waals surface area contributed by atoms with Gasteiger partial charge in [-0.25, -0.2) is 4.79 Å². The van der Waals surface area contributed by atoms with Crippen molar-refractivity contribution in [3.8, 4) is 16.9 Å². The molecule has 1 atom stereocenters. The van der Waals surface area contributed by atoms with Crippen LogP contribution in [0.1, 0.15) is 48.4 Å². The molecule has 1 aliphatic carbocycles. The first-order valence-corrected chi connectivity index (χ1v) is 12.3. The Bertz CT molecular complexity index is 1210. The maximum atomic E-state index is 13.0. The molecule has 1 fully saturated rings. The number of nitrogens with two attached hydrogens (primary N) is 2. The summed E-state index contributed by atoms with van der Waals surface area (Å²) >= 11 is 0. The van der Waals surface area contributed by atoms with Crippen molar-refractivity contribution in [3.63, 3.8) is 0 Å². The number of hydrogen-bond donors (Lipinski definition) is 4. The second-order valence-corrected chi connectivity index (χ2v) is 8.91. The van der Waals surface area contributed by atoms with Crippen molar-refractivity contribution in [2.45, 2.75) is 31.7 Å². The predicted octanol–water partition coefficient (Wildman–Crippen LogP) is 4.71. The van der Waals surface area contributed by atoms with Crippen LogP contribution in [0.2, 0.25) is 0 Å². The van der Waals surface area contributed by atoms with E-state index in [1.807, 2.05) is 23.1 Å². The number of carboxylic acids is 1. The molecule has 0 aromatic heterocycles. The van der Waals surface area contributed by atoms with Gasteiger partial charge in [-0.2, -0.15) is 0 Å². The quantitative estimate of drug-likeness (QED) is 0.288. The normalized spacial score (nSPS) is 15.1. The molecule has 200 valence electrons. The van der Waals surface area contributed by atoms with Crippen LogP contribution in [0, 0.1) is 5.41 Å². The number of carbonyl (C=O) groups is 2. The molecule has 5 rings (SSSR count). The molecule has 0 unspecified atom stereocenters. The first-order valence-electron chi connectivity index (χ1n) is 12.3. The number of aliphatic carboxylic acids is 1. The molecule has 9 nitrogen and oxygen atoms in total. The SMILES string of the molecule is CC(=O)O.COc1cccc([C@@H]2CCCN2C(=O)OCC2c3ccccc3-c3ccccc32)c1.N=C(N)N. The number of benzene rings is 3. The lowest BCUT2D eigenvalue weighted by molar-refractivity contribution is -0.134. The molecule has 0 bridgehead atoms. The third-order valence-electron chi connectivity index (χ3n) is 6.30. The molecule has 3 aromatic carbocycles. The Balaban J connectivity index is 0.000000443. The average Bonchev–Trinajstić information content (AvgIpc) is 3.50. The monoisotopic (exact) mass is 518 g/mol. The van der Waals surface area contributed by atoms with E-state index in [1.165, 1.54) is 22.3 Å². The molecule has 0 spiro atoms. The van der Waals surface area contributed by atoms with Crippen LogP contribution >= 0.6 is 0 Å². The van der Waals surface area contributed by atoms with Crippen molar-refractivity contribution < 1.29 is 24.2 Å². The minimum Gasteiger partial charge on any atom is -0.497 e. The summed E-state index contributed by atoms with van der Waals surface area (Å²) in [6.45, 7) is 2.16. The summed E-state index contributed by atoms with van der Waals surface area (Å²) < 4.78 is 11.2. The summed E-state index contributed by atoms with van der Waals surface area (Å²) in [7, 11) is 1.66. The van der Waals surface area contributed by atoms with Crippen molar-refractivity contribution in [2.24, 2.45) is 11.5 Å². The minimum atomic E-state index is -0.833. The van der Waals surface area contributed by atoms with Crippen molar-refractivity contribution in [2.75, 3.05) is 20.3 Å². The van der Waals surface area contributed by atoms with Crippen molar-refractivity contribution >= 4 is 18.0 Å². The van der Waals surface area contributed by atoms with Gasteiger partial charge in [-0.05, 0) is 52.8 Å². The van der Waals surface area contributed by atoms with E-state index < -0.39 is 5.97 Å². The summed E-state index contributed by atoms with van der Waals surface area (Å²) in [4.78, 5) is 23.9. The molecule has 3 aromatic rings. The zero-order valence-corrected chi connectivity index (χ0v) is 21.6. The number of carbonyl (C=O) groups excluding carboxylic acids is 1. The molecule has 1 heterocycles. The molecule has 1 aliphatic heterocycles. The van der Waals surface area contributed by atoms with Crippen LogP contribution in [-0.4, -0.2) is 48.3 Å². The summed E-state index contributed by atoms with van der Waals surface area (Å²) in [5.74, 6) is -0.272. The summed E-state index contributed by atoms with van der Waals surface area (Å²) in [5.41, 5.74) is 15.0. The number of likely N-dealkylation sites (tertiary alicyclic amines) is 1. The Kier molecular flexibility index (Phi) is 9.70. The lowest BCUT2D eigenvalue weighted by atomic mass is 9.98. The zero-order chi connectivity index (χ0) is 27.7. The van der Waals surface area contributed by atoms with E-state index in [2.05, 4.69) is 66.1 Å². The molecular formula is C29H34N4O5. The Morgan fingerprint density at radius 1 is 1.00 bits per heavy atom. The van der Waals surface area contributed by atoms with Gasteiger partial charge in [0.2, 0.25) is 0 Å². The number of methoxy groups -OCH3 is 1. The molecule has 1 amide bonds. The number of nitrogens with zero attached hydrogens (tertiary/aromatic N) is 1. The predicted molar refractivity (Wildman–Crippen MR) is 146 cm³/mol. The molecular weight excluding hydrogens is 484 g/mol. The van der Waals surface area contributed by atoms with Gasteiger partial charge < -0.3 is 30.9 Å². The highest BCUT2D eigenvalue weighted by atomic mass is 16.6. The summed E-state index contributed by atoms with van der Waals surface area (Å²) in [6, 6.07) is 24.8. The number of nitrogens with one attached hydrogen (secondary N) is 1. The smallest absolute Gasteiger partial charge is 0.410 e. The van der Waals surface area contributed by atoms with Crippen LogP contribution in [0.25, 0.3) is 11.1 Å². The van der Waals surface area contributed by atoms with Gasteiger partial charge in [-0.1, -0.05) is 60.7 Å². The van der Waals surface area contributed by atoms with Crippen molar-refractivity contribution in [3.05, 3.63) is 89.5 Å². The van der Waals surface area contributed by atoms with Crippen molar-refractivity contribution in [1.82, 2.24) is 4.90 Å². The Hall–Kier alpha value is -4.53. The van der Waals surface area contributed by atoms with Gasteiger partial charge in [0.05, 0.1) is 13.2 Å². The van der Waals surface area contributed by atoms with Gasteiger partial charge in [0.15, 0.2) is 5.96 Å². The highest BCUT2D eigenvalue weighted by Crippen LogP contribution is 2.44. The first kappa shape index (κ1) is 28.0.